The van der Waals surface area contributed by atoms with E-state index in [0.29, 0.717) is 32.9 Å². The zero-order chi connectivity index (χ0) is 22.1. The van der Waals surface area contributed by atoms with E-state index in [9.17, 15) is 14.4 Å². The van der Waals surface area contributed by atoms with Crippen molar-refractivity contribution in [3.63, 3.8) is 0 Å². The zero-order valence-electron chi connectivity index (χ0n) is 17.9. The summed E-state index contributed by atoms with van der Waals surface area (Å²) in [6, 6.07) is 5.63. The lowest BCUT2D eigenvalue weighted by atomic mass is 10.1. The number of amides is 1. The fraction of sp³-hybridized carbons (Fsp3) is 0.391. The molecule has 0 bridgehead atoms. The molecule has 0 radical (unpaired) electrons. The van der Waals surface area contributed by atoms with Crippen molar-refractivity contribution in [1.29, 1.82) is 0 Å². The Morgan fingerprint density at radius 3 is 2.77 bits per heavy atom. The fourth-order valence-corrected chi connectivity index (χ4v) is 4.96. The Kier molecular flexibility index (Phi) is 5.91. The van der Waals surface area contributed by atoms with Crippen molar-refractivity contribution in [2.45, 2.75) is 53.0 Å². The van der Waals surface area contributed by atoms with Crippen LogP contribution in [0.1, 0.15) is 51.4 Å². The minimum Gasteiger partial charge on any atom is -0.451 e. The Hall–Kier alpha value is -3.00. The van der Waals surface area contributed by atoms with Crippen LogP contribution >= 0.6 is 11.3 Å². The fourth-order valence-electron chi connectivity index (χ4n) is 3.87. The van der Waals surface area contributed by atoms with Crippen LogP contribution in [0.2, 0.25) is 0 Å². The number of benzene rings is 1. The number of carbonyl (C=O) groups excluding carboxylic acids is 2. The summed E-state index contributed by atoms with van der Waals surface area (Å²) < 4.78 is 6.99. The number of fused-ring (bicyclic) bond motifs is 2. The number of anilines is 1. The molecule has 0 unspecified atom stereocenters. The van der Waals surface area contributed by atoms with E-state index < -0.39 is 18.5 Å². The second-order valence-corrected chi connectivity index (χ2v) is 8.90. The molecule has 0 aliphatic carbocycles. The second-order valence-electron chi connectivity index (χ2n) is 7.90. The number of esters is 1. The summed E-state index contributed by atoms with van der Waals surface area (Å²) in [4.78, 5) is 43.5. The van der Waals surface area contributed by atoms with Gasteiger partial charge in [-0.15, -0.1) is 11.3 Å². The molecule has 2 aromatic heterocycles. The first-order valence-electron chi connectivity index (χ1n) is 10.4. The Labute approximate surface area is 184 Å². The van der Waals surface area contributed by atoms with Gasteiger partial charge in [0.05, 0.1) is 5.39 Å². The smallest absolute Gasteiger partial charge is 0.349 e. The van der Waals surface area contributed by atoms with Crippen LogP contribution in [0.25, 0.3) is 10.2 Å². The lowest BCUT2D eigenvalue weighted by molar-refractivity contribution is -0.119. The molecule has 4 rings (SSSR count). The topological polar surface area (TPSA) is 90.3 Å². The molecule has 162 valence electrons. The number of rotatable bonds is 4. The van der Waals surface area contributed by atoms with Gasteiger partial charge in [0, 0.05) is 18.7 Å². The molecule has 0 saturated carbocycles. The second kappa shape index (κ2) is 8.63. The summed E-state index contributed by atoms with van der Waals surface area (Å²) in [5, 5.41) is 3.25. The predicted octanol–water partition coefficient (Wildman–Crippen LogP) is 3.91. The first kappa shape index (κ1) is 21.2. The number of aryl methyl sites for hydroxylation is 3. The summed E-state index contributed by atoms with van der Waals surface area (Å²) in [6.45, 7) is 5.88. The van der Waals surface area contributed by atoms with Gasteiger partial charge in [-0.3, -0.25) is 14.2 Å². The monoisotopic (exact) mass is 439 g/mol. The van der Waals surface area contributed by atoms with Gasteiger partial charge < -0.3 is 10.1 Å². The first-order valence-corrected chi connectivity index (χ1v) is 11.2. The Morgan fingerprint density at radius 2 is 1.97 bits per heavy atom. The van der Waals surface area contributed by atoms with Crippen molar-refractivity contribution in [2.24, 2.45) is 0 Å². The summed E-state index contributed by atoms with van der Waals surface area (Å²) in [5.41, 5.74) is 3.19. The van der Waals surface area contributed by atoms with Crippen LogP contribution in [0.5, 0.6) is 0 Å². The molecule has 1 aliphatic rings. The largest absolute Gasteiger partial charge is 0.451 e. The highest BCUT2D eigenvalue weighted by atomic mass is 32.1. The number of thiophene rings is 1. The molecule has 8 heteroatoms. The van der Waals surface area contributed by atoms with Gasteiger partial charge in [-0.2, -0.15) is 0 Å². The van der Waals surface area contributed by atoms with Gasteiger partial charge in [0.2, 0.25) is 0 Å². The lowest BCUT2D eigenvalue weighted by Crippen LogP contribution is -2.24. The molecular weight excluding hydrogens is 414 g/mol. The average molecular weight is 440 g/mol. The third-order valence-electron chi connectivity index (χ3n) is 5.81. The zero-order valence-corrected chi connectivity index (χ0v) is 18.7. The maximum Gasteiger partial charge on any atom is 0.349 e. The maximum absolute atomic E-state index is 13.0. The summed E-state index contributed by atoms with van der Waals surface area (Å²) in [5.74, 6) is -0.244. The molecule has 31 heavy (non-hydrogen) atoms. The molecule has 7 nitrogen and oxygen atoms in total. The lowest BCUT2D eigenvalue weighted by Gasteiger charge is -2.10. The number of hydrogen-bond acceptors (Lipinski definition) is 6. The van der Waals surface area contributed by atoms with Gasteiger partial charge in [0.15, 0.2) is 6.61 Å². The maximum atomic E-state index is 13.0. The molecule has 1 amide bonds. The van der Waals surface area contributed by atoms with Crippen molar-refractivity contribution >= 4 is 39.1 Å². The van der Waals surface area contributed by atoms with Crippen LogP contribution in [0, 0.1) is 20.8 Å². The van der Waals surface area contributed by atoms with Gasteiger partial charge in [0.1, 0.15) is 15.5 Å². The van der Waals surface area contributed by atoms with E-state index in [1.54, 1.807) is 17.6 Å². The Bertz CT molecular complexity index is 1240. The van der Waals surface area contributed by atoms with Crippen molar-refractivity contribution in [2.75, 3.05) is 11.9 Å². The number of nitrogens with one attached hydrogen (secondary N) is 1. The summed E-state index contributed by atoms with van der Waals surface area (Å²) >= 11 is 1.16. The molecule has 0 saturated heterocycles. The van der Waals surface area contributed by atoms with E-state index in [0.717, 1.165) is 54.0 Å². The van der Waals surface area contributed by atoms with Crippen LogP contribution in [-0.4, -0.2) is 28.0 Å². The van der Waals surface area contributed by atoms with Crippen LogP contribution < -0.4 is 10.9 Å². The van der Waals surface area contributed by atoms with Gasteiger partial charge in [-0.05, 0) is 56.4 Å². The third-order valence-corrected chi connectivity index (χ3v) is 6.98. The predicted molar refractivity (Wildman–Crippen MR) is 121 cm³/mol. The van der Waals surface area contributed by atoms with Crippen LogP contribution in [0.3, 0.4) is 0 Å². The van der Waals surface area contributed by atoms with Gasteiger partial charge >= 0.3 is 5.97 Å². The van der Waals surface area contributed by atoms with Crippen molar-refractivity contribution < 1.29 is 14.3 Å². The minimum atomic E-state index is -0.615. The van der Waals surface area contributed by atoms with E-state index in [4.69, 9.17) is 4.74 Å². The molecule has 0 fully saturated rings. The Balaban J connectivity index is 1.52. The van der Waals surface area contributed by atoms with E-state index >= 15 is 0 Å². The highest BCUT2D eigenvalue weighted by Gasteiger charge is 2.23. The molecule has 3 heterocycles. The number of hydrogen-bond donors (Lipinski definition) is 1. The molecule has 1 aliphatic heterocycles. The van der Waals surface area contributed by atoms with Crippen molar-refractivity contribution in [3.05, 3.63) is 55.9 Å². The SMILES string of the molecule is Cc1cccc(NC(=O)COC(=O)c2sc3nc4n(c(=O)c3c2C)CCCCC4)c1C. The van der Waals surface area contributed by atoms with Gasteiger partial charge in [-0.1, -0.05) is 18.6 Å². The van der Waals surface area contributed by atoms with E-state index in [-0.39, 0.29) is 5.56 Å². The molecule has 3 aromatic rings. The molecular formula is C23H25N3O4S. The van der Waals surface area contributed by atoms with Crippen molar-refractivity contribution in [1.82, 2.24) is 9.55 Å². The highest BCUT2D eigenvalue weighted by Crippen LogP contribution is 2.29. The average Bonchev–Trinajstić information content (AvgIpc) is 2.91. The molecule has 0 spiro atoms. The first-order chi connectivity index (χ1) is 14.9. The minimum absolute atomic E-state index is 0.0950. The van der Waals surface area contributed by atoms with Crippen molar-refractivity contribution in [3.8, 4) is 0 Å². The van der Waals surface area contributed by atoms with Crippen LogP contribution in [-0.2, 0) is 22.5 Å². The van der Waals surface area contributed by atoms with Crippen LogP contribution in [0.4, 0.5) is 5.69 Å². The van der Waals surface area contributed by atoms with E-state index in [2.05, 4.69) is 10.3 Å². The number of ether oxygens (including phenoxy) is 1. The molecule has 0 atom stereocenters. The standard InChI is InChI=1S/C23H25N3O4S/c1-13-8-7-9-16(14(13)2)24-18(27)12-30-23(29)20-15(3)19-21(31-20)25-17-10-5-4-6-11-26(17)22(19)28/h7-9H,4-6,10-12H2,1-3H3,(H,24,27). The Morgan fingerprint density at radius 1 is 1.16 bits per heavy atom. The highest BCUT2D eigenvalue weighted by molar-refractivity contribution is 7.20. The number of aromatic nitrogens is 2. The van der Waals surface area contributed by atoms with Gasteiger partial charge in [-0.25, -0.2) is 9.78 Å². The third kappa shape index (κ3) is 4.12. The summed E-state index contributed by atoms with van der Waals surface area (Å²) in [6.07, 6.45) is 3.80. The molecule has 1 aromatic carbocycles. The van der Waals surface area contributed by atoms with E-state index in [1.165, 1.54) is 0 Å². The quantitative estimate of drug-likeness (QED) is 0.623. The van der Waals surface area contributed by atoms with Crippen LogP contribution in [0.15, 0.2) is 23.0 Å². The molecule has 1 N–H and O–H groups in total. The van der Waals surface area contributed by atoms with Gasteiger partial charge in [0.25, 0.3) is 11.5 Å². The number of nitrogens with zero attached hydrogens (tertiary/aromatic N) is 2. The summed E-state index contributed by atoms with van der Waals surface area (Å²) in [7, 11) is 0. The number of carbonyl (C=O) groups is 2. The normalized spacial score (nSPS) is 13.5. The van der Waals surface area contributed by atoms with E-state index in [1.807, 2.05) is 26.0 Å².